The first kappa shape index (κ1) is 41.1. The smallest absolute Gasteiger partial charge is 0.315 e. The summed E-state index contributed by atoms with van der Waals surface area (Å²) in [7, 11) is 0. The van der Waals surface area contributed by atoms with E-state index >= 15 is 0 Å². The maximum absolute atomic E-state index is 13.9. The van der Waals surface area contributed by atoms with Crippen molar-refractivity contribution in [3.8, 4) is 12.3 Å². The standard InChI is InChI=1S/C42H71N5O/c1-16-19-21-22-23-29(6)38(46-40(48)45-36(41(11,12)13)26-25-30(7)43-18-3)33(10)47-27-34-37(42(34,14)15)39(47)32(9)44-35(24-20-17-2)31(8)28(4)5/h2,29,34-39,43-44H,4,7-10,16,18-27H2,1,3,5-6,11-15H3,(H2,45,46,48)/t29?,34-,35?,36?,37-,38?,39?/m0/s1. The first-order chi connectivity index (χ1) is 22.4. The quantitative estimate of drug-likeness (QED) is 0.0531. The Morgan fingerprint density at radius 3 is 2.23 bits per heavy atom. The lowest BCUT2D eigenvalue weighted by atomic mass is 9.84. The summed E-state index contributed by atoms with van der Waals surface area (Å²) in [5.74, 6) is 3.99. The minimum atomic E-state index is -0.206. The maximum atomic E-state index is 13.9. The van der Waals surface area contributed by atoms with Crippen LogP contribution in [0.4, 0.5) is 4.79 Å². The molecule has 48 heavy (non-hydrogen) atoms. The zero-order valence-electron chi connectivity index (χ0n) is 32.3. The van der Waals surface area contributed by atoms with E-state index in [1.165, 1.54) is 19.3 Å². The van der Waals surface area contributed by atoms with Crippen LogP contribution in [0.1, 0.15) is 120 Å². The first-order valence-corrected chi connectivity index (χ1v) is 18.6. The zero-order valence-corrected chi connectivity index (χ0v) is 32.3. The second-order valence-electron chi connectivity index (χ2n) is 16.3. The van der Waals surface area contributed by atoms with Gasteiger partial charge >= 0.3 is 6.03 Å². The fraction of sp³-hybridized carbons (Fsp3) is 0.690. The van der Waals surface area contributed by atoms with Crippen LogP contribution in [-0.2, 0) is 0 Å². The van der Waals surface area contributed by atoms with Crippen LogP contribution < -0.4 is 21.3 Å². The van der Waals surface area contributed by atoms with E-state index in [1.807, 2.05) is 6.92 Å². The van der Waals surface area contributed by atoms with Crippen LogP contribution in [0.15, 0.2) is 61.1 Å². The van der Waals surface area contributed by atoms with E-state index < -0.39 is 0 Å². The number of piperidine rings is 1. The number of hydrogen-bond donors (Lipinski definition) is 4. The molecule has 1 heterocycles. The van der Waals surface area contributed by atoms with Gasteiger partial charge in [-0.1, -0.05) is 113 Å². The summed E-state index contributed by atoms with van der Waals surface area (Å²) in [6.45, 7) is 43.6. The Kier molecular flexibility index (Phi) is 15.5. The second-order valence-corrected chi connectivity index (χ2v) is 16.3. The molecule has 0 spiro atoms. The number of urea groups is 1. The predicted molar refractivity (Wildman–Crippen MR) is 207 cm³/mol. The van der Waals surface area contributed by atoms with Crippen molar-refractivity contribution in [3.63, 3.8) is 0 Å². The minimum Gasteiger partial charge on any atom is -0.389 e. The van der Waals surface area contributed by atoms with Crippen LogP contribution in [-0.4, -0.2) is 48.2 Å². The molecule has 2 fully saturated rings. The molecule has 2 rings (SSSR count). The highest BCUT2D eigenvalue weighted by Gasteiger charge is 2.67. The summed E-state index contributed by atoms with van der Waals surface area (Å²) in [5.41, 5.74) is 4.95. The Morgan fingerprint density at radius 1 is 1.00 bits per heavy atom. The van der Waals surface area contributed by atoms with Crippen LogP contribution in [0.2, 0.25) is 0 Å². The number of carbonyl (C=O) groups is 1. The molecule has 0 aromatic rings. The highest BCUT2D eigenvalue weighted by atomic mass is 16.2. The van der Waals surface area contributed by atoms with Crippen LogP contribution in [0.25, 0.3) is 0 Å². The average Bonchev–Trinajstić information content (AvgIpc) is 3.32. The average molecular weight is 662 g/mol. The van der Waals surface area contributed by atoms with Gasteiger partial charge in [-0.2, -0.15) is 0 Å². The van der Waals surface area contributed by atoms with Crippen molar-refractivity contribution in [2.24, 2.45) is 28.6 Å². The number of terminal acetylenes is 1. The number of unbranched alkanes of at least 4 members (excludes halogenated alkanes) is 3. The molecule has 6 heteroatoms. The van der Waals surface area contributed by atoms with Gasteiger partial charge in [0, 0.05) is 42.6 Å². The van der Waals surface area contributed by atoms with E-state index in [-0.39, 0.29) is 46.9 Å². The molecule has 0 bridgehead atoms. The van der Waals surface area contributed by atoms with Crippen LogP contribution >= 0.6 is 0 Å². The number of nitrogens with one attached hydrogen (secondary N) is 4. The number of carbonyl (C=O) groups excluding carboxylic acids is 1. The van der Waals surface area contributed by atoms with Gasteiger partial charge in [-0.25, -0.2) is 4.79 Å². The lowest BCUT2D eigenvalue weighted by molar-refractivity contribution is 0.193. The second kappa shape index (κ2) is 18.1. The van der Waals surface area contributed by atoms with Crippen molar-refractivity contribution in [1.29, 1.82) is 0 Å². The van der Waals surface area contributed by atoms with Crippen molar-refractivity contribution < 1.29 is 4.79 Å². The summed E-state index contributed by atoms with van der Waals surface area (Å²) in [6, 6.07) is -0.330. The zero-order chi connectivity index (χ0) is 36.4. The SMILES string of the molecule is C#CCCC(NC(=C)C1[C@@H]2[C@H](CN1C(=C)C(NC(=O)NC(CCC(=C)NCC)C(C)(C)C)C(C)CCCCCC)C2(C)C)C(=C)C(=C)C. The number of allylic oxidation sites excluding steroid dienone is 1. The lowest BCUT2D eigenvalue weighted by Crippen LogP contribution is -2.55. The molecule has 1 saturated heterocycles. The van der Waals surface area contributed by atoms with Crippen LogP contribution in [0.3, 0.4) is 0 Å². The molecule has 4 N–H and O–H groups in total. The minimum absolute atomic E-state index is 0.0139. The maximum Gasteiger partial charge on any atom is 0.315 e. The highest BCUT2D eigenvalue weighted by molar-refractivity contribution is 5.75. The topological polar surface area (TPSA) is 68.4 Å². The fourth-order valence-corrected chi connectivity index (χ4v) is 7.66. The van der Waals surface area contributed by atoms with Gasteiger partial charge in [0.25, 0.3) is 0 Å². The van der Waals surface area contributed by atoms with E-state index in [0.29, 0.717) is 18.3 Å². The molecular weight excluding hydrogens is 590 g/mol. The summed E-state index contributed by atoms with van der Waals surface area (Å²) < 4.78 is 0. The molecule has 0 radical (unpaired) electrons. The third-order valence-corrected chi connectivity index (χ3v) is 11.1. The van der Waals surface area contributed by atoms with E-state index in [0.717, 1.165) is 73.4 Å². The van der Waals surface area contributed by atoms with Gasteiger partial charge in [-0.15, -0.1) is 12.3 Å². The predicted octanol–water partition coefficient (Wildman–Crippen LogP) is 9.07. The van der Waals surface area contributed by atoms with Gasteiger partial charge in [0.1, 0.15) is 0 Å². The summed E-state index contributed by atoms with van der Waals surface area (Å²) in [6.07, 6.45) is 14.5. The number of hydrogen-bond acceptors (Lipinski definition) is 4. The number of likely N-dealkylation sites (tertiary alicyclic amines) is 1. The van der Waals surface area contributed by atoms with E-state index in [2.05, 4.69) is 114 Å². The largest absolute Gasteiger partial charge is 0.389 e. The third kappa shape index (κ3) is 11.0. The molecule has 7 atom stereocenters. The van der Waals surface area contributed by atoms with Gasteiger partial charge in [0.2, 0.25) is 0 Å². The normalized spacial score (nSPS) is 21.8. The monoisotopic (exact) mass is 662 g/mol. The van der Waals surface area contributed by atoms with E-state index in [9.17, 15) is 4.79 Å². The third-order valence-electron chi connectivity index (χ3n) is 11.1. The Hall–Kier alpha value is -3.07. The van der Waals surface area contributed by atoms with Crippen LogP contribution in [0, 0.1) is 40.9 Å². The Balaban J connectivity index is 2.35. The van der Waals surface area contributed by atoms with Crippen molar-refractivity contribution in [2.45, 2.75) is 144 Å². The first-order valence-electron chi connectivity index (χ1n) is 18.6. The van der Waals surface area contributed by atoms with Crippen molar-refractivity contribution in [1.82, 2.24) is 26.2 Å². The number of nitrogens with zero attached hydrogens (tertiary/aromatic N) is 1. The van der Waals surface area contributed by atoms with Crippen LogP contribution in [0.5, 0.6) is 0 Å². The molecule has 1 aliphatic heterocycles. The highest BCUT2D eigenvalue weighted by Crippen LogP contribution is 2.66. The molecule has 0 aromatic carbocycles. The van der Waals surface area contributed by atoms with Gasteiger partial charge in [0.15, 0.2) is 0 Å². The summed E-state index contributed by atoms with van der Waals surface area (Å²) in [5, 5.41) is 13.8. The van der Waals surface area contributed by atoms with Crippen molar-refractivity contribution in [2.75, 3.05) is 13.1 Å². The number of fused-ring (bicyclic) bond motifs is 1. The van der Waals surface area contributed by atoms with Gasteiger partial charge in [0.05, 0.1) is 18.1 Å². The lowest BCUT2D eigenvalue weighted by Gasteiger charge is -2.41. The van der Waals surface area contributed by atoms with Crippen molar-refractivity contribution >= 4 is 6.03 Å². The Bertz CT molecular complexity index is 1200. The molecule has 270 valence electrons. The Morgan fingerprint density at radius 2 is 1.67 bits per heavy atom. The molecule has 1 aliphatic carbocycles. The van der Waals surface area contributed by atoms with Gasteiger partial charge < -0.3 is 26.2 Å². The fourth-order valence-electron chi connectivity index (χ4n) is 7.66. The molecule has 1 saturated carbocycles. The van der Waals surface area contributed by atoms with E-state index in [4.69, 9.17) is 13.0 Å². The van der Waals surface area contributed by atoms with Gasteiger partial charge in [-0.05, 0) is 73.7 Å². The Labute approximate surface area is 295 Å². The molecule has 6 nitrogen and oxygen atoms in total. The molecule has 0 aromatic heterocycles. The molecular formula is C42H71N5O. The molecule has 5 unspecified atom stereocenters. The summed E-state index contributed by atoms with van der Waals surface area (Å²) in [4.78, 5) is 16.3. The molecule has 2 amide bonds. The summed E-state index contributed by atoms with van der Waals surface area (Å²) >= 11 is 0. The number of amides is 2. The van der Waals surface area contributed by atoms with E-state index in [1.54, 1.807) is 0 Å². The number of rotatable bonds is 22. The van der Waals surface area contributed by atoms with Crippen molar-refractivity contribution in [3.05, 3.63) is 61.1 Å². The van der Waals surface area contributed by atoms with Gasteiger partial charge in [-0.3, -0.25) is 0 Å². The molecule has 2 aliphatic rings.